The van der Waals surface area contributed by atoms with Crippen LogP contribution >= 0.6 is 11.5 Å². The van der Waals surface area contributed by atoms with Crippen molar-refractivity contribution in [2.45, 2.75) is 0 Å². The van der Waals surface area contributed by atoms with Crippen molar-refractivity contribution in [3.05, 3.63) is 16.9 Å². The van der Waals surface area contributed by atoms with E-state index < -0.39 is 11.9 Å². The Morgan fingerprint density at radius 3 is 2.81 bits per heavy atom. The number of carbonyl (C=O) groups excluding carboxylic acids is 2. The largest absolute Gasteiger partial charge is 0.383 e. The number of esters is 2. The number of rotatable bonds is 2. The van der Waals surface area contributed by atoms with Gasteiger partial charge in [0.25, 0.3) is 0 Å². The maximum atomic E-state index is 11.3. The van der Waals surface area contributed by atoms with Crippen LogP contribution in [0.1, 0.15) is 21.1 Å². The molecule has 10 heteroatoms. The molecule has 0 aliphatic heterocycles. The summed E-state index contributed by atoms with van der Waals surface area (Å²) in [6.45, 7) is 0. The molecule has 0 bridgehead atoms. The summed E-state index contributed by atoms with van der Waals surface area (Å²) < 4.78 is 7.88. The van der Waals surface area contributed by atoms with Gasteiger partial charge in [0.05, 0.1) is 0 Å². The molecule has 0 spiro atoms. The van der Waals surface area contributed by atoms with Gasteiger partial charge in [0.15, 0.2) is 5.69 Å². The second kappa shape index (κ2) is 4.02. The van der Waals surface area contributed by atoms with Gasteiger partial charge in [0, 0.05) is 5.38 Å². The highest BCUT2D eigenvalue weighted by molar-refractivity contribution is 7.03. The lowest BCUT2D eigenvalue weighted by Gasteiger charge is -1.95. The Balaban J connectivity index is 2.06. The van der Waals surface area contributed by atoms with Crippen LogP contribution in [0, 0.1) is 0 Å². The summed E-state index contributed by atoms with van der Waals surface area (Å²) in [7, 11) is 0. The Kier molecular flexibility index (Phi) is 2.55. The summed E-state index contributed by atoms with van der Waals surface area (Å²) in [5.41, 5.74) is 5.12. The van der Waals surface area contributed by atoms with E-state index in [1.165, 1.54) is 5.38 Å². The molecule has 2 rings (SSSR count). The first kappa shape index (κ1) is 10.2. The predicted molar refractivity (Wildman–Crippen MR) is 50.5 cm³/mol. The molecule has 0 amide bonds. The molecule has 16 heavy (non-hydrogen) atoms. The number of hydrogen-bond acceptors (Lipinski definition) is 9. The highest BCUT2D eigenvalue weighted by Crippen LogP contribution is 2.02. The zero-order valence-electron chi connectivity index (χ0n) is 7.58. The number of aromatic amines is 1. The fraction of sp³-hybridized carbons (Fsp3) is 0. The van der Waals surface area contributed by atoms with E-state index in [4.69, 9.17) is 5.73 Å². The Hall–Kier alpha value is -2.36. The van der Waals surface area contributed by atoms with Gasteiger partial charge < -0.3 is 10.5 Å². The number of anilines is 1. The van der Waals surface area contributed by atoms with Gasteiger partial charge in [-0.3, -0.25) is 5.10 Å². The van der Waals surface area contributed by atoms with Crippen molar-refractivity contribution >= 4 is 29.4 Å². The number of aromatic nitrogens is 5. The molecule has 2 heterocycles. The minimum Gasteiger partial charge on any atom is -0.382 e. The molecule has 3 N–H and O–H groups in total. The average molecular weight is 240 g/mol. The zero-order chi connectivity index (χ0) is 11.5. The number of nitrogens with two attached hydrogens (primary N) is 1. The summed E-state index contributed by atoms with van der Waals surface area (Å²) in [6, 6.07) is 0. The summed E-state index contributed by atoms with van der Waals surface area (Å²) in [5.74, 6) is -2.26. The molecule has 0 fully saturated rings. The molecule has 2 aromatic heterocycles. The molecule has 82 valence electrons. The highest BCUT2D eigenvalue weighted by atomic mass is 32.1. The number of hydrogen-bond donors (Lipinski definition) is 2. The van der Waals surface area contributed by atoms with E-state index in [0.717, 1.165) is 11.5 Å². The van der Waals surface area contributed by atoms with Crippen LogP contribution in [0.4, 0.5) is 5.95 Å². The fourth-order valence-corrected chi connectivity index (χ4v) is 1.23. The number of H-pyrrole nitrogens is 1. The fourth-order valence-electron chi connectivity index (χ4n) is 0.804. The van der Waals surface area contributed by atoms with E-state index in [9.17, 15) is 9.59 Å². The monoisotopic (exact) mass is 240 g/mol. The van der Waals surface area contributed by atoms with Crippen molar-refractivity contribution in [1.29, 1.82) is 0 Å². The molecule has 0 aliphatic carbocycles. The lowest BCUT2D eigenvalue weighted by molar-refractivity contribution is 0.0385. The highest BCUT2D eigenvalue weighted by Gasteiger charge is 2.19. The molecule has 0 saturated carbocycles. The van der Waals surface area contributed by atoms with E-state index in [0.29, 0.717) is 0 Å². The normalized spacial score (nSPS) is 10.0. The number of carbonyl (C=O) groups is 2. The van der Waals surface area contributed by atoms with Gasteiger partial charge in [-0.15, -0.1) is 10.2 Å². The van der Waals surface area contributed by atoms with Crippen LogP contribution in [-0.2, 0) is 4.74 Å². The van der Waals surface area contributed by atoms with Gasteiger partial charge in [-0.1, -0.05) is 4.49 Å². The van der Waals surface area contributed by atoms with Gasteiger partial charge >= 0.3 is 11.9 Å². The quantitative estimate of drug-likeness (QED) is 0.516. The maximum Gasteiger partial charge on any atom is 0.383 e. The summed E-state index contributed by atoms with van der Waals surface area (Å²) >= 11 is 0.966. The average Bonchev–Trinajstić information content (AvgIpc) is 2.87. The summed E-state index contributed by atoms with van der Waals surface area (Å²) in [5, 5.41) is 10.4. The molecule has 0 radical (unpaired) electrons. The number of nitrogens with one attached hydrogen (secondary N) is 1. The van der Waals surface area contributed by atoms with Gasteiger partial charge in [-0.25, -0.2) is 9.59 Å². The Morgan fingerprint density at radius 1 is 1.44 bits per heavy atom. The van der Waals surface area contributed by atoms with Crippen molar-refractivity contribution in [3.8, 4) is 0 Å². The molecule has 2 aromatic rings. The lowest BCUT2D eigenvalue weighted by atomic mass is 10.5. The van der Waals surface area contributed by atoms with Crippen molar-refractivity contribution in [1.82, 2.24) is 24.8 Å². The molecular formula is C6H4N6O3S. The third kappa shape index (κ3) is 2.00. The Morgan fingerprint density at radius 2 is 2.25 bits per heavy atom. The summed E-state index contributed by atoms with van der Waals surface area (Å²) in [4.78, 5) is 26.0. The third-order valence-corrected chi connectivity index (χ3v) is 1.96. The van der Waals surface area contributed by atoms with E-state index in [2.05, 4.69) is 29.5 Å². The van der Waals surface area contributed by atoms with Crippen LogP contribution in [0.3, 0.4) is 0 Å². The van der Waals surface area contributed by atoms with E-state index in [1.807, 2.05) is 0 Å². The van der Waals surface area contributed by atoms with Crippen LogP contribution in [-0.4, -0.2) is 36.7 Å². The number of nitrogen functional groups attached to an aromatic ring is 1. The SMILES string of the molecule is Nc1n[nH]c(C(=O)OC(=O)c2csnn2)n1. The van der Waals surface area contributed by atoms with E-state index in [-0.39, 0.29) is 17.5 Å². The molecule has 0 saturated heterocycles. The second-order valence-corrected chi connectivity index (χ2v) is 3.12. The van der Waals surface area contributed by atoms with Gasteiger partial charge in [-0.2, -0.15) is 4.98 Å². The number of ether oxygens (including phenoxy) is 1. The smallest absolute Gasteiger partial charge is 0.382 e. The van der Waals surface area contributed by atoms with E-state index in [1.54, 1.807) is 0 Å². The molecular weight excluding hydrogens is 236 g/mol. The minimum absolute atomic E-state index is 0.0502. The maximum absolute atomic E-state index is 11.3. The van der Waals surface area contributed by atoms with Crippen molar-refractivity contribution < 1.29 is 14.3 Å². The number of nitrogens with zero attached hydrogens (tertiary/aromatic N) is 4. The van der Waals surface area contributed by atoms with Crippen LogP contribution in [0.25, 0.3) is 0 Å². The first-order valence-corrected chi connectivity index (χ1v) is 4.72. The second-order valence-electron chi connectivity index (χ2n) is 2.51. The Bertz CT molecular complexity index is 520. The standard InChI is InChI=1S/C6H4N6O3S/c7-6-8-3(10-11-6)5(14)15-4(13)2-1-16-12-9-2/h1H,(H3,7,8,10,11). The van der Waals surface area contributed by atoms with Crippen molar-refractivity contribution in [2.24, 2.45) is 0 Å². The summed E-state index contributed by atoms with van der Waals surface area (Å²) in [6.07, 6.45) is 0. The first-order chi connectivity index (χ1) is 7.66. The minimum atomic E-state index is -0.984. The lowest BCUT2D eigenvalue weighted by Crippen LogP contribution is -2.14. The van der Waals surface area contributed by atoms with Crippen molar-refractivity contribution in [3.63, 3.8) is 0 Å². The van der Waals surface area contributed by atoms with E-state index >= 15 is 0 Å². The molecule has 0 atom stereocenters. The molecule has 9 nitrogen and oxygen atoms in total. The predicted octanol–water partition coefficient (Wildman–Crippen LogP) is -0.764. The van der Waals surface area contributed by atoms with Gasteiger partial charge in [0.2, 0.25) is 11.8 Å². The molecule has 0 unspecified atom stereocenters. The van der Waals surface area contributed by atoms with Gasteiger partial charge in [0.1, 0.15) is 0 Å². The zero-order valence-corrected chi connectivity index (χ0v) is 8.39. The molecule has 0 aromatic carbocycles. The van der Waals surface area contributed by atoms with Crippen LogP contribution in [0.2, 0.25) is 0 Å². The topological polar surface area (TPSA) is 137 Å². The van der Waals surface area contributed by atoms with Crippen LogP contribution < -0.4 is 5.73 Å². The molecule has 0 aliphatic rings. The van der Waals surface area contributed by atoms with Gasteiger partial charge in [-0.05, 0) is 11.5 Å². The first-order valence-electron chi connectivity index (χ1n) is 3.88. The van der Waals surface area contributed by atoms with Crippen molar-refractivity contribution in [2.75, 3.05) is 5.73 Å². The third-order valence-electron chi connectivity index (χ3n) is 1.45. The van der Waals surface area contributed by atoms with Crippen LogP contribution in [0.5, 0.6) is 0 Å². The van der Waals surface area contributed by atoms with Crippen LogP contribution in [0.15, 0.2) is 5.38 Å². The Labute approximate surface area is 91.8 Å².